The van der Waals surface area contributed by atoms with Crippen LogP contribution in [0.1, 0.15) is 37.1 Å². The van der Waals surface area contributed by atoms with Gasteiger partial charge in [-0.2, -0.15) is 5.26 Å². The highest BCUT2D eigenvalue weighted by Gasteiger charge is 2.41. The third kappa shape index (κ3) is 5.16. The van der Waals surface area contributed by atoms with E-state index in [9.17, 15) is 19.5 Å². The van der Waals surface area contributed by atoms with Crippen molar-refractivity contribution in [2.75, 3.05) is 19.0 Å². The molecule has 0 atom stereocenters. The fourth-order valence-electron chi connectivity index (χ4n) is 3.38. The second-order valence-corrected chi connectivity index (χ2v) is 7.80. The number of aromatic nitrogens is 2. The van der Waals surface area contributed by atoms with E-state index in [2.05, 4.69) is 15.0 Å². The van der Waals surface area contributed by atoms with E-state index in [-0.39, 0.29) is 30.0 Å². The van der Waals surface area contributed by atoms with Gasteiger partial charge in [-0.15, -0.1) is 0 Å². The van der Waals surface area contributed by atoms with Gasteiger partial charge < -0.3 is 9.84 Å². The number of rotatable bonds is 8. The van der Waals surface area contributed by atoms with Gasteiger partial charge in [0.15, 0.2) is 5.78 Å². The number of aryl methyl sites for hydroxylation is 1. The molecule has 1 amide bonds. The normalized spacial score (nSPS) is 13.9. The minimum absolute atomic E-state index is 0.0832. The Hall–Kier alpha value is -3.51. The molecule has 3 rings (SSSR count). The third-order valence-corrected chi connectivity index (χ3v) is 5.61. The van der Waals surface area contributed by atoms with E-state index in [1.165, 1.54) is 23.8 Å². The zero-order chi connectivity index (χ0) is 22.6. The number of aliphatic hydroxyl groups is 1. The van der Waals surface area contributed by atoms with Crippen molar-refractivity contribution in [2.24, 2.45) is 5.41 Å². The maximum Gasteiger partial charge on any atom is 0.411 e. The lowest BCUT2D eigenvalue weighted by molar-refractivity contribution is -0.120. The summed E-state index contributed by atoms with van der Waals surface area (Å²) in [6.07, 6.45) is 2.06. The van der Waals surface area contributed by atoms with Crippen molar-refractivity contribution in [3.8, 4) is 17.3 Å². The number of amides is 1. The summed E-state index contributed by atoms with van der Waals surface area (Å²) in [4.78, 5) is 41.2. The van der Waals surface area contributed by atoms with Crippen LogP contribution < -0.4 is 10.9 Å². The van der Waals surface area contributed by atoms with Crippen LogP contribution in [0.2, 0.25) is 0 Å². The third-order valence-electron chi connectivity index (χ3n) is 5.61. The number of nitrogens with one attached hydrogen (secondary N) is 1. The number of carbonyl (C=O) groups is 2. The van der Waals surface area contributed by atoms with Crippen LogP contribution in [-0.4, -0.2) is 40.3 Å². The summed E-state index contributed by atoms with van der Waals surface area (Å²) in [6.45, 7) is 1.63. The number of benzene rings is 1. The molecule has 1 heterocycles. The van der Waals surface area contributed by atoms with Crippen LogP contribution >= 0.6 is 0 Å². The van der Waals surface area contributed by atoms with Gasteiger partial charge in [-0.1, -0.05) is 0 Å². The van der Waals surface area contributed by atoms with Crippen molar-refractivity contribution in [3.63, 3.8) is 0 Å². The lowest BCUT2D eigenvalue weighted by Gasteiger charge is -2.14. The van der Waals surface area contributed by atoms with Crippen molar-refractivity contribution in [3.05, 3.63) is 46.0 Å². The summed E-state index contributed by atoms with van der Waals surface area (Å²) in [7, 11) is 1.22. The summed E-state index contributed by atoms with van der Waals surface area (Å²) < 4.78 is 5.92. The fraction of sp³-hybridized carbons (Fsp3) is 0.409. The highest BCUT2D eigenvalue weighted by atomic mass is 16.5. The van der Waals surface area contributed by atoms with Gasteiger partial charge in [0, 0.05) is 24.7 Å². The summed E-state index contributed by atoms with van der Waals surface area (Å²) in [6, 6.07) is 7.89. The van der Waals surface area contributed by atoms with Crippen molar-refractivity contribution in [1.82, 2.24) is 9.55 Å². The van der Waals surface area contributed by atoms with Crippen LogP contribution in [0.15, 0.2) is 29.1 Å². The van der Waals surface area contributed by atoms with E-state index in [4.69, 9.17) is 5.26 Å². The zero-order valence-electron chi connectivity index (χ0n) is 17.5. The Bertz CT molecular complexity index is 1110. The topological polar surface area (TPSA) is 134 Å². The van der Waals surface area contributed by atoms with Gasteiger partial charge in [0.2, 0.25) is 0 Å². The molecule has 0 spiro atoms. The molecule has 9 heteroatoms. The quantitative estimate of drug-likeness (QED) is 0.664. The van der Waals surface area contributed by atoms with Crippen LogP contribution in [0.5, 0.6) is 0 Å². The number of hydrogen-bond acceptors (Lipinski definition) is 7. The van der Waals surface area contributed by atoms with E-state index in [1.807, 2.05) is 6.07 Å². The molecule has 0 unspecified atom stereocenters. The molecule has 0 aliphatic heterocycles. The standard InChI is InChI=1S/C22H24N4O5/c1-14-24-19(17-4-3-15(11-23)9-18(17)25-21(30)31-2)10-20(29)26(14)12-16(28)5-6-22(13-27)7-8-22/h3-4,9-10,27H,5-8,12-13H2,1-2H3,(H,25,30). The van der Waals surface area contributed by atoms with E-state index >= 15 is 0 Å². The Morgan fingerprint density at radius 2 is 2.10 bits per heavy atom. The molecular weight excluding hydrogens is 400 g/mol. The first-order chi connectivity index (χ1) is 14.8. The highest BCUT2D eigenvalue weighted by Crippen LogP contribution is 2.49. The molecule has 2 N–H and O–H groups in total. The van der Waals surface area contributed by atoms with Gasteiger partial charge in [-0.25, -0.2) is 9.78 Å². The van der Waals surface area contributed by atoms with Gasteiger partial charge in [0.25, 0.3) is 5.56 Å². The molecule has 0 saturated heterocycles. The van der Waals surface area contributed by atoms with Crippen molar-refractivity contribution in [1.29, 1.82) is 5.26 Å². The van der Waals surface area contributed by atoms with E-state index < -0.39 is 11.7 Å². The number of ketones is 1. The SMILES string of the molecule is COC(=O)Nc1cc(C#N)ccc1-c1cc(=O)n(CC(=O)CCC2(CO)CC2)c(C)n1. The Kier molecular flexibility index (Phi) is 6.51. The molecule has 1 aromatic heterocycles. The van der Waals surface area contributed by atoms with Gasteiger partial charge in [0.1, 0.15) is 5.82 Å². The monoisotopic (exact) mass is 424 g/mol. The number of hydrogen-bond donors (Lipinski definition) is 2. The first kappa shape index (κ1) is 22.2. The zero-order valence-corrected chi connectivity index (χ0v) is 17.5. The first-order valence-corrected chi connectivity index (χ1v) is 9.91. The van der Waals surface area contributed by atoms with Gasteiger partial charge in [-0.05, 0) is 49.8 Å². The van der Waals surface area contributed by atoms with Crippen LogP contribution in [0.3, 0.4) is 0 Å². The highest BCUT2D eigenvalue weighted by molar-refractivity contribution is 5.91. The average molecular weight is 424 g/mol. The summed E-state index contributed by atoms with van der Waals surface area (Å²) in [5.41, 5.74) is 0.844. The largest absolute Gasteiger partial charge is 0.453 e. The number of aliphatic hydroxyl groups excluding tert-OH is 1. The maximum atomic E-state index is 12.7. The Balaban J connectivity index is 1.85. The molecule has 1 saturated carbocycles. The first-order valence-electron chi connectivity index (χ1n) is 9.91. The Morgan fingerprint density at radius 3 is 2.68 bits per heavy atom. The molecule has 31 heavy (non-hydrogen) atoms. The Labute approximate surface area is 179 Å². The number of methoxy groups -OCH3 is 1. The molecule has 1 aliphatic carbocycles. The number of nitriles is 1. The summed E-state index contributed by atoms with van der Waals surface area (Å²) >= 11 is 0. The Morgan fingerprint density at radius 1 is 1.35 bits per heavy atom. The minimum Gasteiger partial charge on any atom is -0.453 e. The molecule has 1 fully saturated rings. The molecule has 2 aromatic rings. The minimum atomic E-state index is -0.719. The predicted molar refractivity (Wildman–Crippen MR) is 112 cm³/mol. The van der Waals surface area contributed by atoms with Crippen molar-refractivity contribution < 1.29 is 19.4 Å². The second kappa shape index (κ2) is 9.10. The van der Waals surface area contributed by atoms with E-state index in [0.29, 0.717) is 35.5 Å². The fourth-order valence-corrected chi connectivity index (χ4v) is 3.38. The number of Topliss-reactive ketones (excluding diaryl/α,β-unsaturated/α-hetero) is 1. The van der Waals surface area contributed by atoms with Crippen molar-refractivity contribution >= 4 is 17.6 Å². The van der Waals surface area contributed by atoms with Gasteiger partial charge >= 0.3 is 6.09 Å². The van der Waals surface area contributed by atoms with Gasteiger partial charge in [0.05, 0.1) is 36.7 Å². The van der Waals surface area contributed by atoms with E-state index in [1.54, 1.807) is 19.1 Å². The molecule has 0 bridgehead atoms. The number of nitrogens with zero attached hydrogens (tertiary/aromatic N) is 3. The van der Waals surface area contributed by atoms with Crippen LogP contribution in [0.25, 0.3) is 11.3 Å². The lowest BCUT2D eigenvalue weighted by Crippen LogP contribution is -2.27. The average Bonchev–Trinajstić information content (AvgIpc) is 3.55. The number of ether oxygens (including phenoxy) is 1. The molecular formula is C22H24N4O5. The molecule has 9 nitrogen and oxygen atoms in total. The van der Waals surface area contributed by atoms with E-state index in [0.717, 1.165) is 12.8 Å². The number of anilines is 1. The molecule has 0 radical (unpaired) electrons. The van der Waals surface area contributed by atoms with Crippen LogP contribution in [-0.2, 0) is 16.1 Å². The van der Waals surface area contributed by atoms with Gasteiger partial charge in [-0.3, -0.25) is 19.5 Å². The molecule has 1 aliphatic rings. The summed E-state index contributed by atoms with van der Waals surface area (Å²) in [5, 5.41) is 21.0. The second-order valence-electron chi connectivity index (χ2n) is 7.80. The predicted octanol–water partition coefficient (Wildman–Crippen LogP) is 2.39. The summed E-state index contributed by atoms with van der Waals surface area (Å²) in [5.74, 6) is 0.262. The number of carbonyl (C=O) groups excluding carboxylic acids is 2. The van der Waals surface area contributed by atoms with Crippen molar-refractivity contribution in [2.45, 2.75) is 39.2 Å². The maximum absolute atomic E-state index is 12.7. The van der Waals surface area contributed by atoms with Crippen LogP contribution in [0, 0.1) is 23.7 Å². The van der Waals surface area contributed by atoms with Crippen LogP contribution in [0.4, 0.5) is 10.5 Å². The lowest BCUT2D eigenvalue weighted by atomic mass is 10.00. The smallest absolute Gasteiger partial charge is 0.411 e. The molecule has 162 valence electrons. The molecule has 1 aromatic carbocycles.